The molecule has 7 atom stereocenters. The van der Waals surface area contributed by atoms with E-state index in [4.69, 9.17) is 5.11 Å². The molecule has 0 aromatic rings. The van der Waals surface area contributed by atoms with Crippen molar-refractivity contribution in [2.45, 2.75) is 32.6 Å². The normalized spacial score (nSPS) is 64.1. The molecule has 0 amide bonds. The van der Waals surface area contributed by atoms with E-state index in [1.165, 1.54) is 19.3 Å². The van der Waals surface area contributed by atoms with Crippen molar-refractivity contribution in [2.75, 3.05) is 0 Å². The van der Waals surface area contributed by atoms with Crippen LogP contribution < -0.4 is 0 Å². The van der Waals surface area contributed by atoms with Gasteiger partial charge in [0.25, 0.3) is 0 Å². The van der Waals surface area contributed by atoms with Crippen molar-refractivity contribution in [3.63, 3.8) is 0 Å². The van der Waals surface area contributed by atoms with E-state index in [-0.39, 0.29) is 11.3 Å². The summed E-state index contributed by atoms with van der Waals surface area (Å²) < 4.78 is 0. The van der Waals surface area contributed by atoms with Crippen LogP contribution in [0.1, 0.15) is 32.6 Å². The van der Waals surface area contributed by atoms with Crippen LogP contribution in [0.3, 0.4) is 0 Å². The molecule has 0 aromatic carbocycles. The number of aliphatic carboxylic acids is 1. The summed E-state index contributed by atoms with van der Waals surface area (Å²) in [4.78, 5) is 11.1. The second-order valence-electron chi connectivity index (χ2n) is 6.43. The molecule has 1 N–H and O–H groups in total. The molecule has 0 heterocycles. The summed E-state index contributed by atoms with van der Waals surface area (Å²) in [5.74, 6) is 3.80. The Morgan fingerprint density at radius 1 is 1.33 bits per heavy atom. The lowest BCUT2D eigenvalue weighted by Gasteiger charge is -2.55. The molecule has 2 bridgehead atoms. The van der Waals surface area contributed by atoms with Gasteiger partial charge in [-0.05, 0) is 60.7 Å². The first kappa shape index (κ1) is 8.60. The number of carboxylic acids is 1. The molecule has 0 radical (unpaired) electrons. The highest BCUT2D eigenvalue weighted by molar-refractivity contribution is 5.75. The zero-order chi connectivity index (χ0) is 10.4. The molecule has 2 heteroatoms. The quantitative estimate of drug-likeness (QED) is 0.715. The van der Waals surface area contributed by atoms with E-state index in [0.717, 1.165) is 30.1 Å². The van der Waals surface area contributed by atoms with Crippen molar-refractivity contribution in [3.05, 3.63) is 0 Å². The third-order valence-electron chi connectivity index (χ3n) is 6.37. The highest BCUT2D eigenvalue weighted by atomic mass is 16.4. The summed E-state index contributed by atoms with van der Waals surface area (Å²) in [7, 11) is 0. The third-order valence-corrected chi connectivity index (χ3v) is 6.37. The first-order valence-corrected chi connectivity index (χ1v) is 6.39. The van der Waals surface area contributed by atoms with E-state index < -0.39 is 5.97 Å². The Morgan fingerprint density at radius 3 is 2.73 bits per heavy atom. The third kappa shape index (κ3) is 0.724. The monoisotopic (exact) mass is 206 g/mol. The van der Waals surface area contributed by atoms with Crippen molar-refractivity contribution in [3.8, 4) is 0 Å². The van der Waals surface area contributed by atoms with Crippen LogP contribution in [0.2, 0.25) is 0 Å². The van der Waals surface area contributed by atoms with Gasteiger partial charge < -0.3 is 5.11 Å². The summed E-state index contributed by atoms with van der Waals surface area (Å²) in [5.41, 5.74) is 0.274. The predicted molar refractivity (Wildman–Crippen MR) is 55.2 cm³/mol. The Balaban J connectivity index is 1.67. The first-order valence-electron chi connectivity index (χ1n) is 6.39. The maximum atomic E-state index is 11.1. The minimum absolute atomic E-state index is 0.0214. The Bertz CT molecular complexity index is 350. The fourth-order valence-electron chi connectivity index (χ4n) is 5.88. The number of hydrogen-bond acceptors (Lipinski definition) is 1. The van der Waals surface area contributed by atoms with Gasteiger partial charge in [-0.3, -0.25) is 4.79 Å². The van der Waals surface area contributed by atoms with E-state index in [9.17, 15) is 4.79 Å². The van der Waals surface area contributed by atoms with Crippen molar-refractivity contribution < 1.29 is 9.90 Å². The SMILES string of the molecule is C[C@H]1[C@H]2[C@@H]3CC[C@@H](C3)[C@@H]2[C@@]12C[C@@H]2C(=O)O. The van der Waals surface area contributed by atoms with Crippen LogP contribution >= 0.6 is 0 Å². The van der Waals surface area contributed by atoms with Gasteiger partial charge in [-0.2, -0.15) is 0 Å². The predicted octanol–water partition coefficient (Wildman–Crippen LogP) is 2.39. The van der Waals surface area contributed by atoms with Crippen molar-refractivity contribution in [1.29, 1.82) is 0 Å². The standard InChI is InChI=1S/C13H18O2/c1-6-10-7-2-3-8(4-7)11(10)13(6)5-9(13)12(14)15/h6-11H,2-5H2,1H3,(H,14,15)/t6-,7+,8-,9+,10-,11-,13-/m0/s1. The maximum Gasteiger partial charge on any atom is 0.307 e. The van der Waals surface area contributed by atoms with E-state index in [2.05, 4.69) is 6.92 Å². The Morgan fingerprint density at radius 2 is 2.07 bits per heavy atom. The van der Waals surface area contributed by atoms with Gasteiger partial charge in [0.1, 0.15) is 0 Å². The van der Waals surface area contributed by atoms with Crippen LogP contribution in [0.4, 0.5) is 0 Å². The van der Waals surface area contributed by atoms with Gasteiger partial charge in [-0.15, -0.1) is 0 Å². The fraction of sp³-hybridized carbons (Fsp3) is 0.923. The van der Waals surface area contributed by atoms with Crippen molar-refractivity contribution in [2.24, 2.45) is 40.9 Å². The topological polar surface area (TPSA) is 37.3 Å². The smallest absolute Gasteiger partial charge is 0.307 e. The summed E-state index contributed by atoms with van der Waals surface area (Å²) >= 11 is 0. The summed E-state index contributed by atoms with van der Waals surface area (Å²) in [5, 5.41) is 9.16. The van der Waals surface area contributed by atoms with Crippen LogP contribution in [-0.2, 0) is 4.79 Å². The molecule has 0 aromatic heterocycles. The molecule has 15 heavy (non-hydrogen) atoms. The molecular formula is C13H18O2. The molecule has 4 fully saturated rings. The van der Waals surface area contributed by atoms with Crippen LogP contribution in [0.25, 0.3) is 0 Å². The molecule has 4 aliphatic carbocycles. The molecule has 0 saturated heterocycles. The molecule has 4 saturated carbocycles. The Kier molecular flexibility index (Phi) is 1.29. The first-order chi connectivity index (χ1) is 7.16. The molecule has 4 aliphatic rings. The lowest BCUT2D eigenvalue weighted by molar-refractivity contribution is -0.146. The van der Waals surface area contributed by atoms with Gasteiger partial charge >= 0.3 is 5.97 Å². The van der Waals surface area contributed by atoms with Gasteiger partial charge in [0.2, 0.25) is 0 Å². The number of fused-ring (bicyclic) bond motifs is 6. The van der Waals surface area contributed by atoms with Crippen molar-refractivity contribution >= 4 is 5.97 Å². The van der Waals surface area contributed by atoms with Crippen LogP contribution in [0.5, 0.6) is 0 Å². The van der Waals surface area contributed by atoms with Crippen LogP contribution in [0.15, 0.2) is 0 Å². The summed E-state index contributed by atoms with van der Waals surface area (Å²) in [6.45, 7) is 2.32. The molecular weight excluding hydrogens is 188 g/mol. The number of rotatable bonds is 1. The minimum atomic E-state index is -0.525. The zero-order valence-electron chi connectivity index (χ0n) is 9.15. The highest BCUT2D eigenvalue weighted by Gasteiger charge is 2.79. The summed E-state index contributed by atoms with van der Waals surface area (Å²) in [6, 6.07) is 0. The van der Waals surface area contributed by atoms with Gasteiger partial charge in [-0.1, -0.05) is 6.92 Å². The second kappa shape index (κ2) is 2.26. The van der Waals surface area contributed by atoms with Crippen molar-refractivity contribution in [1.82, 2.24) is 0 Å². The summed E-state index contributed by atoms with van der Waals surface area (Å²) in [6.07, 6.45) is 5.25. The minimum Gasteiger partial charge on any atom is -0.481 e. The average Bonchev–Trinajstić information content (AvgIpc) is 2.75. The van der Waals surface area contributed by atoms with E-state index in [0.29, 0.717) is 5.92 Å². The van der Waals surface area contributed by atoms with E-state index >= 15 is 0 Å². The highest BCUT2D eigenvalue weighted by Crippen LogP contribution is 2.82. The van der Waals surface area contributed by atoms with Gasteiger partial charge in [-0.25, -0.2) is 0 Å². The molecule has 1 spiro atoms. The molecule has 0 unspecified atom stereocenters. The second-order valence-corrected chi connectivity index (χ2v) is 6.43. The number of hydrogen-bond donors (Lipinski definition) is 1. The lowest BCUT2D eigenvalue weighted by Crippen LogP contribution is -2.52. The van der Waals surface area contributed by atoms with Crippen LogP contribution in [0, 0.1) is 40.9 Å². The van der Waals surface area contributed by atoms with E-state index in [1.807, 2.05) is 0 Å². The fourth-order valence-corrected chi connectivity index (χ4v) is 5.88. The van der Waals surface area contributed by atoms with E-state index in [1.54, 1.807) is 0 Å². The number of carbonyl (C=O) groups is 1. The largest absolute Gasteiger partial charge is 0.481 e. The average molecular weight is 206 g/mol. The van der Waals surface area contributed by atoms with Gasteiger partial charge in [0, 0.05) is 0 Å². The van der Waals surface area contributed by atoms with Gasteiger partial charge in [0.15, 0.2) is 0 Å². The maximum absolute atomic E-state index is 11.1. The zero-order valence-corrected chi connectivity index (χ0v) is 9.15. The lowest BCUT2D eigenvalue weighted by atomic mass is 9.49. The Labute approximate surface area is 90.1 Å². The molecule has 4 rings (SSSR count). The van der Waals surface area contributed by atoms with Crippen LogP contribution in [-0.4, -0.2) is 11.1 Å². The Hall–Kier alpha value is -0.530. The van der Waals surface area contributed by atoms with Gasteiger partial charge in [0.05, 0.1) is 5.92 Å². The molecule has 2 nitrogen and oxygen atoms in total. The molecule has 82 valence electrons. The number of carboxylic acid groups (broad SMARTS) is 1. The molecule has 0 aliphatic heterocycles.